The standard InChI is InChI=1S/C12H17F2NO2/c1-4-15-8(2)10-6-5-9(16-3)7-11(10)17-12(13)14/h5-8,12,15H,4H2,1-3H3. The second-order valence-electron chi connectivity index (χ2n) is 3.56. The number of hydrogen-bond acceptors (Lipinski definition) is 3. The molecule has 1 aromatic carbocycles. The summed E-state index contributed by atoms with van der Waals surface area (Å²) in [7, 11) is 1.48. The summed E-state index contributed by atoms with van der Waals surface area (Å²) < 4.78 is 34.1. The second kappa shape index (κ2) is 6.39. The number of halogens is 2. The highest BCUT2D eigenvalue weighted by atomic mass is 19.3. The predicted molar refractivity (Wildman–Crippen MR) is 61.7 cm³/mol. The Morgan fingerprint density at radius 1 is 1.35 bits per heavy atom. The summed E-state index contributed by atoms with van der Waals surface area (Å²) in [6, 6.07) is 4.86. The fourth-order valence-corrected chi connectivity index (χ4v) is 1.61. The lowest BCUT2D eigenvalue weighted by atomic mass is 10.1. The molecule has 0 heterocycles. The van der Waals surface area contributed by atoms with Crippen LogP contribution in [0.2, 0.25) is 0 Å². The minimum atomic E-state index is -2.84. The monoisotopic (exact) mass is 245 g/mol. The molecule has 96 valence electrons. The molecule has 0 spiro atoms. The van der Waals surface area contributed by atoms with Crippen LogP contribution in [0.4, 0.5) is 8.78 Å². The number of alkyl halides is 2. The van der Waals surface area contributed by atoms with E-state index in [9.17, 15) is 8.78 Å². The zero-order valence-corrected chi connectivity index (χ0v) is 10.2. The molecule has 1 aromatic rings. The average Bonchev–Trinajstić information content (AvgIpc) is 2.28. The molecule has 17 heavy (non-hydrogen) atoms. The maximum absolute atomic E-state index is 12.3. The van der Waals surface area contributed by atoms with E-state index in [4.69, 9.17) is 4.74 Å². The number of benzene rings is 1. The maximum atomic E-state index is 12.3. The largest absolute Gasteiger partial charge is 0.497 e. The first kappa shape index (κ1) is 13.7. The van der Waals surface area contributed by atoms with Crippen LogP contribution in [0.1, 0.15) is 25.5 Å². The Morgan fingerprint density at radius 2 is 2.06 bits per heavy atom. The van der Waals surface area contributed by atoms with Gasteiger partial charge in [-0.1, -0.05) is 13.0 Å². The van der Waals surface area contributed by atoms with E-state index in [2.05, 4.69) is 10.1 Å². The zero-order valence-electron chi connectivity index (χ0n) is 10.2. The molecule has 0 radical (unpaired) electrons. The van der Waals surface area contributed by atoms with Gasteiger partial charge in [0.05, 0.1) is 7.11 Å². The van der Waals surface area contributed by atoms with Crippen LogP contribution in [0, 0.1) is 0 Å². The minimum Gasteiger partial charge on any atom is -0.497 e. The van der Waals surface area contributed by atoms with Crippen molar-refractivity contribution in [2.24, 2.45) is 0 Å². The van der Waals surface area contributed by atoms with Gasteiger partial charge in [0, 0.05) is 17.7 Å². The Morgan fingerprint density at radius 3 is 2.59 bits per heavy atom. The highest BCUT2D eigenvalue weighted by Gasteiger charge is 2.15. The molecule has 1 unspecified atom stereocenters. The van der Waals surface area contributed by atoms with Crippen LogP contribution in [-0.4, -0.2) is 20.3 Å². The topological polar surface area (TPSA) is 30.5 Å². The molecule has 5 heteroatoms. The van der Waals surface area contributed by atoms with Crippen molar-refractivity contribution in [1.29, 1.82) is 0 Å². The molecule has 0 saturated carbocycles. The Balaban J connectivity index is 3.01. The van der Waals surface area contributed by atoms with Crippen LogP contribution >= 0.6 is 0 Å². The third-order valence-corrected chi connectivity index (χ3v) is 2.41. The van der Waals surface area contributed by atoms with Crippen molar-refractivity contribution in [2.45, 2.75) is 26.5 Å². The first-order valence-electron chi connectivity index (χ1n) is 5.44. The van der Waals surface area contributed by atoms with Gasteiger partial charge >= 0.3 is 6.61 Å². The number of methoxy groups -OCH3 is 1. The Kier molecular flexibility index (Phi) is 5.15. The van der Waals surface area contributed by atoms with Gasteiger partial charge in [-0.05, 0) is 19.5 Å². The van der Waals surface area contributed by atoms with Crippen LogP contribution in [0.25, 0.3) is 0 Å². The molecule has 0 aromatic heterocycles. The summed E-state index contributed by atoms with van der Waals surface area (Å²) in [5.41, 5.74) is 0.688. The summed E-state index contributed by atoms with van der Waals surface area (Å²) in [5.74, 6) is 0.640. The van der Waals surface area contributed by atoms with E-state index in [0.717, 1.165) is 6.54 Å². The second-order valence-corrected chi connectivity index (χ2v) is 3.56. The Labute approximate surface area is 99.7 Å². The SMILES string of the molecule is CCNC(C)c1ccc(OC)cc1OC(F)F. The lowest BCUT2D eigenvalue weighted by Crippen LogP contribution is -2.19. The van der Waals surface area contributed by atoms with Gasteiger partial charge in [0.1, 0.15) is 11.5 Å². The summed E-state index contributed by atoms with van der Waals surface area (Å²) in [5, 5.41) is 3.15. The van der Waals surface area contributed by atoms with E-state index in [1.807, 2.05) is 13.8 Å². The van der Waals surface area contributed by atoms with E-state index in [0.29, 0.717) is 11.3 Å². The van der Waals surface area contributed by atoms with Crippen LogP contribution in [0.3, 0.4) is 0 Å². The smallest absolute Gasteiger partial charge is 0.387 e. The lowest BCUT2D eigenvalue weighted by molar-refractivity contribution is -0.0507. The first-order valence-corrected chi connectivity index (χ1v) is 5.44. The third kappa shape index (κ3) is 3.85. The van der Waals surface area contributed by atoms with Crippen LogP contribution in [0.5, 0.6) is 11.5 Å². The quantitative estimate of drug-likeness (QED) is 0.835. The van der Waals surface area contributed by atoms with Crippen molar-refractivity contribution >= 4 is 0 Å². The molecule has 0 fully saturated rings. The summed E-state index contributed by atoms with van der Waals surface area (Å²) in [6.45, 7) is 1.76. The predicted octanol–water partition coefficient (Wildman–Crippen LogP) is 2.97. The number of hydrogen-bond donors (Lipinski definition) is 1. The molecule has 0 amide bonds. The van der Waals surface area contributed by atoms with Gasteiger partial charge in [-0.2, -0.15) is 8.78 Å². The normalized spacial score (nSPS) is 12.6. The molecular formula is C12H17F2NO2. The number of rotatable bonds is 6. The molecular weight excluding hydrogens is 228 g/mol. The van der Waals surface area contributed by atoms with E-state index < -0.39 is 6.61 Å². The van der Waals surface area contributed by atoms with Gasteiger partial charge in [0.25, 0.3) is 0 Å². The summed E-state index contributed by atoms with van der Waals surface area (Å²) in [6.07, 6.45) is 0. The molecule has 1 atom stereocenters. The number of nitrogens with one attached hydrogen (secondary N) is 1. The molecule has 1 rings (SSSR count). The van der Waals surface area contributed by atoms with E-state index >= 15 is 0 Å². The Bertz CT molecular complexity index is 358. The van der Waals surface area contributed by atoms with Gasteiger partial charge in [-0.15, -0.1) is 0 Å². The van der Waals surface area contributed by atoms with E-state index in [-0.39, 0.29) is 11.8 Å². The van der Waals surface area contributed by atoms with Gasteiger partial charge in [-0.3, -0.25) is 0 Å². The van der Waals surface area contributed by atoms with Crippen molar-refractivity contribution in [2.75, 3.05) is 13.7 Å². The lowest BCUT2D eigenvalue weighted by Gasteiger charge is -2.18. The highest BCUT2D eigenvalue weighted by Crippen LogP contribution is 2.30. The molecule has 0 bridgehead atoms. The summed E-state index contributed by atoms with van der Waals surface area (Å²) in [4.78, 5) is 0. The molecule has 1 N–H and O–H groups in total. The van der Waals surface area contributed by atoms with Crippen molar-refractivity contribution < 1.29 is 18.3 Å². The third-order valence-electron chi connectivity index (χ3n) is 2.41. The minimum absolute atomic E-state index is 0.0559. The Hall–Kier alpha value is -1.36. The molecule has 3 nitrogen and oxygen atoms in total. The van der Waals surface area contributed by atoms with E-state index in [1.54, 1.807) is 12.1 Å². The van der Waals surface area contributed by atoms with Crippen molar-refractivity contribution in [1.82, 2.24) is 5.32 Å². The van der Waals surface area contributed by atoms with Gasteiger partial charge in [0.15, 0.2) is 0 Å². The van der Waals surface area contributed by atoms with Crippen molar-refractivity contribution in [3.05, 3.63) is 23.8 Å². The molecule has 0 aliphatic rings. The van der Waals surface area contributed by atoms with E-state index in [1.165, 1.54) is 13.2 Å². The number of ether oxygens (including phenoxy) is 2. The van der Waals surface area contributed by atoms with Crippen molar-refractivity contribution in [3.63, 3.8) is 0 Å². The van der Waals surface area contributed by atoms with Gasteiger partial charge in [-0.25, -0.2) is 0 Å². The first-order chi connectivity index (χ1) is 8.08. The van der Waals surface area contributed by atoms with Gasteiger partial charge < -0.3 is 14.8 Å². The van der Waals surface area contributed by atoms with Crippen LogP contribution in [0.15, 0.2) is 18.2 Å². The molecule has 0 aliphatic carbocycles. The van der Waals surface area contributed by atoms with Crippen LogP contribution < -0.4 is 14.8 Å². The fraction of sp³-hybridized carbons (Fsp3) is 0.500. The molecule has 0 saturated heterocycles. The molecule has 0 aliphatic heterocycles. The highest BCUT2D eigenvalue weighted by molar-refractivity contribution is 5.42. The maximum Gasteiger partial charge on any atom is 0.387 e. The van der Waals surface area contributed by atoms with Crippen LogP contribution in [-0.2, 0) is 0 Å². The zero-order chi connectivity index (χ0) is 12.8. The summed E-state index contributed by atoms with van der Waals surface area (Å²) >= 11 is 0. The fourth-order valence-electron chi connectivity index (χ4n) is 1.61. The van der Waals surface area contributed by atoms with Gasteiger partial charge in [0.2, 0.25) is 0 Å². The average molecular weight is 245 g/mol. The van der Waals surface area contributed by atoms with Crippen molar-refractivity contribution in [3.8, 4) is 11.5 Å².